The molecule has 1 atom stereocenters. The van der Waals surface area contributed by atoms with Gasteiger partial charge in [-0.05, 0) is 56.5 Å². The molecule has 0 radical (unpaired) electrons. The summed E-state index contributed by atoms with van der Waals surface area (Å²) >= 11 is 0. The first-order valence-corrected chi connectivity index (χ1v) is 6.80. The molecule has 0 aromatic heterocycles. The number of rotatable bonds is 4. The summed E-state index contributed by atoms with van der Waals surface area (Å²) < 4.78 is 5.73. The van der Waals surface area contributed by atoms with Gasteiger partial charge in [0.15, 0.2) is 0 Å². The van der Waals surface area contributed by atoms with Crippen molar-refractivity contribution in [2.45, 2.75) is 38.7 Å². The number of nitrogens with two attached hydrogens (primary N) is 1. The van der Waals surface area contributed by atoms with E-state index < -0.39 is 0 Å². The minimum atomic E-state index is 0.147. The summed E-state index contributed by atoms with van der Waals surface area (Å²) in [6.45, 7) is 4.61. The highest BCUT2D eigenvalue weighted by atomic mass is 16.5. The summed E-state index contributed by atoms with van der Waals surface area (Å²) in [6, 6.07) is 5.94. The summed E-state index contributed by atoms with van der Waals surface area (Å²) in [4.78, 5) is 13.7. The van der Waals surface area contributed by atoms with Crippen LogP contribution in [0.3, 0.4) is 0 Å². The predicted octanol–water partition coefficient (Wildman–Crippen LogP) is 2.27. The number of fused-ring (bicyclic) bond motifs is 1. The van der Waals surface area contributed by atoms with Crippen LogP contribution in [0.2, 0.25) is 0 Å². The molecule has 2 N–H and O–H groups in total. The van der Waals surface area contributed by atoms with Crippen LogP contribution in [0.5, 0.6) is 5.75 Å². The second kappa shape index (κ2) is 5.61. The molecule has 1 aliphatic heterocycles. The van der Waals surface area contributed by atoms with Gasteiger partial charge in [-0.25, -0.2) is 0 Å². The van der Waals surface area contributed by atoms with E-state index in [9.17, 15) is 4.79 Å². The largest absolute Gasteiger partial charge is 0.491 e. The quantitative estimate of drug-likeness (QED) is 0.905. The average molecular weight is 262 g/mol. The standard InChI is InChI=1S/C15H22N2O2/c1-10(2)19-12-4-5-14-13(9-12)11(6-7-16)8-15(18)17(14)3/h4-5,9-11H,6-8,16H2,1-3H3. The van der Waals surface area contributed by atoms with Gasteiger partial charge in [0.05, 0.1) is 6.10 Å². The Kier molecular flexibility index (Phi) is 4.10. The first kappa shape index (κ1) is 13.9. The fourth-order valence-corrected chi connectivity index (χ4v) is 2.56. The number of hydrogen-bond acceptors (Lipinski definition) is 3. The number of amides is 1. The third kappa shape index (κ3) is 2.89. The van der Waals surface area contributed by atoms with Crippen LogP contribution >= 0.6 is 0 Å². The second-order valence-corrected chi connectivity index (χ2v) is 5.32. The molecule has 0 bridgehead atoms. The topological polar surface area (TPSA) is 55.6 Å². The molecule has 1 aromatic rings. The monoisotopic (exact) mass is 262 g/mol. The molecule has 1 aliphatic rings. The van der Waals surface area contributed by atoms with Gasteiger partial charge in [0, 0.05) is 19.2 Å². The Morgan fingerprint density at radius 1 is 1.47 bits per heavy atom. The Labute approximate surface area is 114 Å². The maximum Gasteiger partial charge on any atom is 0.227 e. The molecule has 4 heteroatoms. The Balaban J connectivity index is 2.37. The molecule has 1 heterocycles. The van der Waals surface area contributed by atoms with Gasteiger partial charge >= 0.3 is 0 Å². The Morgan fingerprint density at radius 3 is 2.84 bits per heavy atom. The van der Waals surface area contributed by atoms with Gasteiger partial charge < -0.3 is 15.4 Å². The normalized spacial score (nSPS) is 18.7. The fraction of sp³-hybridized carbons (Fsp3) is 0.533. The van der Waals surface area contributed by atoms with Gasteiger partial charge in [0.25, 0.3) is 0 Å². The van der Waals surface area contributed by atoms with Gasteiger partial charge in [0.2, 0.25) is 5.91 Å². The highest BCUT2D eigenvalue weighted by Crippen LogP contribution is 2.39. The maximum absolute atomic E-state index is 12.0. The van der Waals surface area contributed by atoms with Gasteiger partial charge in [-0.15, -0.1) is 0 Å². The number of anilines is 1. The molecule has 1 amide bonds. The molecule has 0 saturated heterocycles. The van der Waals surface area contributed by atoms with Gasteiger partial charge in [-0.1, -0.05) is 0 Å². The van der Waals surface area contributed by atoms with Crippen molar-refractivity contribution in [2.75, 3.05) is 18.5 Å². The number of nitrogens with zero attached hydrogens (tertiary/aromatic N) is 1. The van der Waals surface area contributed by atoms with Gasteiger partial charge in [-0.2, -0.15) is 0 Å². The highest BCUT2D eigenvalue weighted by molar-refractivity contribution is 5.96. The Hall–Kier alpha value is -1.55. The molecular weight excluding hydrogens is 240 g/mol. The fourth-order valence-electron chi connectivity index (χ4n) is 2.56. The first-order valence-electron chi connectivity index (χ1n) is 6.80. The smallest absolute Gasteiger partial charge is 0.227 e. The van der Waals surface area contributed by atoms with Crippen molar-refractivity contribution in [3.8, 4) is 5.75 Å². The minimum Gasteiger partial charge on any atom is -0.491 e. The molecule has 0 aliphatic carbocycles. The predicted molar refractivity (Wildman–Crippen MR) is 76.6 cm³/mol. The lowest BCUT2D eigenvalue weighted by molar-refractivity contribution is -0.119. The summed E-state index contributed by atoms with van der Waals surface area (Å²) in [5, 5.41) is 0. The molecule has 1 unspecified atom stereocenters. The van der Waals surface area contributed by atoms with E-state index in [-0.39, 0.29) is 17.9 Å². The summed E-state index contributed by atoms with van der Waals surface area (Å²) in [7, 11) is 1.82. The summed E-state index contributed by atoms with van der Waals surface area (Å²) in [6.07, 6.45) is 1.51. The van der Waals surface area contributed by atoms with Crippen LogP contribution in [0.15, 0.2) is 18.2 Å². The van der Waals surface area contributed by atoms with E-state index in [0.29, 0.717) is 13.0 Å². The second-order valence-electron chi connectivity index (χ2n) is 5.32. The van der Waals surface area contributed by atoms with Crippen molar-refractivity contribution in [1.82, 2.24) is 0 Å². The highest BCUT2D eigenvalue weighted by Gasteiger charge is 2.29. The van der Waals surface area contributed by atoms with Crippen molar-refractivity contribution >= 4 is 11.6 Å². The van der Waals surface area contributed by atoms with Crippen LogP contribution in [0, 0.1) is 0 Å². The van der Waals surface area contributed by atoms with E-state index in [1.807, 2.05) is 33.0 Å². The number of benzene rings is 1. The van der Waals surface area contributed by atoms with Crippen molar-refractivity contribution < 1.29 is 9.53 Å². The van der Waals surface area contributed by atoms with Crippen LogP contribution in [0.4, 0.5) is 5.69 Å². The molecule has 0 spiro atoms. The SMILES string of the molecule is CC(C)Oc1ccc2c(c1)C(CCN)CC(=O)N2C. The molecule has 19 heavy (non-hydrogen) atoms. The molecular formula is C15H22N2O2. The molecule has 104 valence electrons. The Morgan fingerprint density at radius 2 is 2.21 bits per heavy atom. The average Bonchev–Trinajstić information content (AvgIpc) is 2.35. The lowest BCUT2D eigenvalue weighted by Gasteiger charge is -2.32. The van der Waals surface area contributed by atoms with Crippen LogP contribution in [-0.2, 0) is 4.79 Å². The van der Waals surface area contributed by atoms with E-state index >= 15 is 0 Å². The first-order chi connectivity index (χ1) is 9.02. The molecule has 2 rings (SSSR count). The van der Waals surface area contributed by atoms with Crippen molar-refractivity contribution in [3.05, 3.63) is 23.8 Å². The lowest BCUT2D eigenvalue weighted by atomic mass is 9.87. The lowest BCUT2D eigenvalue weighted by Crippen LogP contribution is -2.33. The molecule has 0 fully saturated rings. The third-order valence-electron chi connectivity index (χ3n) is 3.48. The van der Waals surface area contributed by atoms with Crippen molar-refractivity contribution in [2.24, 2.45) is 5.73 Å². The van der Waals surface area contributed by atoms with Gasteiger partial charge in [-0.3, -0.25) is 4.79 Å². The van der Waals surface area contributed by atoms with Crippen LogP contribution in [0.1, 0.15) is 38.2 Å². The number of carbonyl (C=O) groups is 1. The van der Waals surface area contributed by atoms with Crippen LogP contribution in [0.25, 0.3) is 0 Å². The molecule has 4 nitrogen and oxygen atoms in total. The Bertz CT molecular complexity index is 471. The number of carbonyl (C=O) groups excluding carboxylic acids is 1. The summed E-state index contributed by atoms with van der Waals surface area (Å²) in [5.41, 5.74) is 7.81. The van der Waals surface area contributed by atoms with E-state index in [4.69, 9.17) is 10.5 Å². The van der Waals surface area contributed by atoms with Crippen molar-refractivity contribution in [1.29, 1.82) is 0 Å². The van der Waals surface area contributed by atoms with Crippen molar-refractivity contribution in [3.63, 3.8) is 0 Å². The van der Waals surface area contributed by atoms with E-state index in [1.165, 1.54) is 5.56 Å². The minimum absolute atomic E-state index is 0.147. The zero-order chi connectivity index (χ0) is 14.0. The maximum atomic E-state index is 12.0. The van der Waals surface area contributed by atoms with E-state index in [2.05, 4.69) is 6.07 Å². The zero-order valence-electron chi connectivity index (χ0n) is 11.8. The van der Waals surface area contributed by atoms with Crippen LogP contribution < -0.4 is 15.4 Å². The third-order valence-corrected chi connectivity index (χ3v) is 3.48. The van der Waals surface area contributed by atoms with E-state index in [1.54, 1.807) is 4.90 Å². The van der Waals surface area contributed by atoms with Gasteiger partial charge in [0.1, 0.15) is 5.75 Å². The number of ether oxygens (including phenoxy) is 1. The number of hydrogen-bond donors (Lipinski definition) is 1. The van der Waals surface area contributed by atoms with Crippen LogP contribution in [-0.4, -0.2) is 25.6 Å². The summed E-state index contributed by atoms with van der Waals surface area (Å²) in [5.74, 6) is 1.22. The molecule has 0 saturated carbocycles. The van der Waals surface area contributed by atoms with E-state index in [0.717, 1.165) is 17.9 Å². The molecule has 1 aromatic carbocycles. The zero-order valence-corrected chi connectivity index (χ0v) is 11.8.